The standard InChI is InChI=1S/C17H14Cl2N2O/c1-12(9-13-5-3-2-4-6-13)11-20-21-17(22)15-8-7-14(18)10-16(15)19/h2-11H,1H3,(H,21,22)/b12-9?,20-11-. The third kappa shape index (κ3) is 4.72. The number of hydrazone groups is 1. The average Bonchev–Trinajstić information content (AvgIpc) is 2.48. The number of halogens is 2. The third-order valence-electron chi connectivity index (χ3n) is 2.80. The molecule has 0 saturated carbocycles. The average molecular weight is 333 g/mol. The molecule has 0 aliphatic heterocycles. The molecule has 0 radical (unpaired) electrons. The van der Waals surface area contributed by atoms with Crippen molar-refractivity contribution in [2.45, 2.75) is 6.92 Å². The molecule has 0 atom stereocenters. The molecule has 0 aliphatic carbocycles. The predicted octanol–water partition coefficient (Wildman–Crippen LogP) is 4.81. The molecule has 0 spiro atoms. The van der Waals surface area contributed by atoms with Crippen LogP contribution < -0.4 is 5.43 Å². The van der Waals surface area contributed by atoms with E-state index in [0.29, 0.717) is 10.6 Å². The zero-order chi connectivity index (χ0) is 15.9. The SMILES string of the molecule is CC(=Cc1ccccc1)/C=N\NC(=O)c1ccc(Cl)cc1Cl. The fraction of sp³-hybridized carbons (Fsp3) is 0.0588. The molecule has 1 N–H and O–H groups in total. The molecule has 0 saturated heterocycles. The minimum absolute atomic E-state index is 0.289. The molecule has 2 aromatic carbocycles. The molecule has 112 valence electrons. The third-order valence-corrected chi connectivity index (χ3v) is 3.35. The highest BCUT2D eigenvalue weighted by Gasteiger charge is 2.09. The smallest absolute Gasteiger partial charge is 0.267 e. The Morgan fingerprint density at radius 2 is 1.86 bits per heavy atom. The largest absolute Gasteiger partial charge is 0.272 e. The van der Waals surface area contributed by atoms with E-state index >= 15 is 0 Å². The van der Waals surface area contributed by atoms with Gasteiger partial charge >= 0.3 is 0 Å². The number of rotatable bonds is 4. The fourth-order valence-corrected chi connectivity index (χ4v) is 2.27. The number of hydrogen-bond acceptors (Lipinski definition) is 2. The molecule has 22 heavy (non-hydrogen) atoms. The van der Waals surface area contributed by atoms with Crippen LogP contribution in [0, 0.1) is 0 Å². The van der Waals surface area contributed by atoms with Crippen molar-refractivity contribution in [1.82, 2.24) is 5.43 Å². The van der Waals surface area contributed by atoms with Gasteiger partial charge in [-0.3, -0.25) is 4.79 Å². The highest BCUT2D eigenvalue weighted by molar-refractivity contribution is 6.36. The minimum Gasteiger partial charge on any atom is -0.267 e. The van der Waals surface area contributed by atoms with E-state index in [0.717, 1.165) is 11.1 Å². The van der Waals surface area contributed by atoms with Gasteiger partial charge in [0.25, 0.3) is 5.91 Å². The highest BCUT2D eigenvalue weighted by Crippen LogP contribution is 2.20. The van der Waals surface area contributed by atoms with Crippen LogP contribution in [-0.2, 0) is 0 Å². The number of carbonyl (C=O) groups is 1. The second-order valence-corrected chi connectivity index (χ2v) is 5.47. The van der Waals surface area contributed by atoms with Crippen LogP contribution in [0.2, 0.25) is 10.0 Å². The molecular weight excluding hydrogens is 319 g/mol. The summed E-state index contributed by atoms with van der Waals surface area (Å²) < 4.78 is 0. The van der Waals surface area contributed by atoms with Gasteiger partial charge in [-0.15, -0.1) is 0 Å². The van der Waals surface area contributed by atoms with Gasteiger partial charge < -0.3 is 0 Å². The number of nitrogens with zero attached hydrogens (tertiary/aromatic N) is 1. The van der Waals surface area contributed by atoms with E-state index in [1.165, 1.54) is 6.07 Å². The summed E-state index contributed by atoms with van der Waals surface area (Å²) >= 11 is 11.8. The van der Waals surface area contributed by atoms with Crippen LogP contribution in [0.1, 0.15) is 22.8 Å². The van der Waals surface area contributed by atoms with Gasteiger partial charge in [0.05, 0.1) is 16.8 Å². The van der Waals surface area contributed by atoms with Crippen molar-refractivity contribution in [2.75, 3.05) is 0 Å². The monoisotopic (exact) mass is 332 g/mol. The number of nitrogens with one attached hydrogen (secondary N) is 1. The van der Waals surface area contributed by atoms with Crippen LogP contribution in [0.15, 0.2) is 59.2 Å². The van der Waals surface area contributed by atoms with Crippen molar-refractivity contribution in [2.24, 2.45) is 5.10 Å². The summed E-state index contributed by atoms with van der Waals surface area (Å²) in [6, 6.07) is 14.5. The molecule has 0 aliphatic rings. The van der Waals surface area contributed by atoms with Crippen LogP contribution in [0.3, 0.4) is 0 Å². The van der Waals surface area contributed by atoms with Crippen LogP contribution in [0.5, 0.6) is 0 Å². The Labute approximate surface area is 139 Å². The minimum atomic E-state index is -0.384. The summed E-state index contributed by atoms with van der Waals surface area (Å²) in [6.07, 6.45) is 3.54. The van der Waals surface area contributed by atoms with Gasteiger partial charge in [-0.05, 0) is 36.3 Å². The van der Waals surface area contributed by atoms with Gasteiger partial charge in [-0.25, -0.2) is 5.43 Å². The number of amides is 1. The summed E-state index contributed by atoms with van der Waals surface area (Å²) in [5.41, 5.74) is 4.74. The van der Waals surface area contributed by atoms with E-state index < -0.39 is 0 Å². The number of benzene rings is 2. The molecule has 2 rings (SSSR count). The van der Waals surface area contributed by atoms with Crippen LogP contribution >= 0.6 is 23.2 Å². The van der Waals surface area contributed by atoms with Crippen molar-refractivity contribution in [3.05, 3.63) is 75.3 Å². The van der Waals surface area contributed by atoms with Crippen LogP contribution in [0.25, 0.3) is 6.08 Å². The second kappa shape index (κ2) is 7.78. The van der Waals surface area contributed by atoms with Gasteiger partial charge in [0, 0.05) is 5.02 Å². The lowest BCUT2D eigenvalue weighted by Gasteiger charge is -2.02. The lowest BCUT2D eigenvalue weighted by atomic mass is 10.1. The van der Waals surface area contributed by atoms with Crippen molar-refractivity contribution >= 4 is 41.4 Å². The summed E-state index contributed by atoms with van der Waals surface area (Å²) in [6.45, 7) is 1.90. The van der Waals surface area contributed by atoms with Gasteiger partial charge in [0.2, 0.25) is 0 Å². The maximum absolute atomic E-state index is 11.9. The molecule has 5 heteroatoms. The first kappa shape index (κ1) is 16.3. The normalized spacial score (nSPS) is 11.7. The molecule has 0 bridgehead atoms. The maximum Gasteiger partial charge on any atom is 0.272 e. The zero-order valence-electron chi connectivity index (χ0n) is 11.9. The van der Waals surface area contributed by atoms with E-state index in [2.05, 4.69) is 10.5 Å². The van der Waals surface area contributed by atoms with E-state index in [1.54, 1.807) is 18.3 Å². The topological polar surface area (TPSA) is 41.5 Å². The van der Waals surface area contributed by atoms with E-state index in [1.807, 2.05) is 43.3 Å². The molecule has 0 heterocycles. The first-order chi connectivity index (χ1) is 10.6. The van der Waals surface area contributed by atoms with Crippen molar-refractivity contribution in [1.29, 1.82) is 0 Å². The molecule has 0 aromatic heterocycles. The molecule has 1 amide bonds. The number of hydrogen-bond donors (Lipinski definition) is 1. The van der Waals surface area contributed by atoms with Crippen LogP contribution in [0.4, 0.5) is 0 Å². The molecule has 2 aromatic rings. The number of allylic oxidation sites excluding steroid dienone is 1. The Morgan fingerprint density at radius 3 is 2.55 bits per heavy atom. The number of carbonyl (C=O) groups excluding carboxylic acids is 1. The Morgan fingerprint density at radius 1 is 1.14 bits per heavy atom. The zero-order valence-corrected chi connectivity index (χ0v) is 13.4. The Balaban J connectivity index is 2.00. The maximum atomic E-state index is 11.9. The summed E-state index contributed by atoms with van der Waals surface area (Å²) in [5.74, 6) is -0.384. The lowest BCUT2D eigenvalue weighted by molar-refractivity contribution is 0.0955. The van der Waals surface area contributed by atoms with Crippen molar-refractivity contribution in [3.8, 4) is 0 Å². The summed E-state index contributed by atoms with van der Waals surface area (Å²) in [4.78, 5) is 11.9. The Hall–Kier alpha value is -2.10. The van der Waals surface area contributed by atoms with E-state index in [-0.39, 0.29) is 10.9 Å². The van der Waals surface area contributed by atoms with E-state index in [9.17, 15) is 4.79 Å². The Kier molecular flexibility index (Phi) is 5.75. The van der Waals surface area contributed by atoms with Gasteiger partial charge in [0.15, 0.2) is 0 Å². The van der Waals surface area contributed by atoms with E-state index in [4.69, 9.17) is 23.2 Å². The fourth-order valence-electron chi connectivity index (χ4n) is 1.78. The second-order valence-electron chi connectivity index (χ2n) is 4.62. The highest BCUT2D eigenvalue weighted by atomic mass is 35.5. The molecule has 3 nitrogen and oxygen atoms in total. The van der Waals surface area contributed by atoms with Crippen molar-refractivity contribution < 1.29 is 4.79 Å². The first-order valence-corrected chi connectivity index (χ1v) is 7.33. The molecule has 0 unspecified atom stereocenters. The van der Waals surface area contributed by atoms with Gasteiger partial charge in [0.1, 0.15) is 0 Å². The molecular formula is C17H14Cl2N2O. The lowest BCUT2D eigenvalue weighted by Crippen LogP contribution is -2.17. The van der Waals surface area contributed by atoms with Gasteiger partial charge in [-0.1, -0.05) is 59.6 Å². The summed E-state index contributed by atoms with van der Waals surface area (Å²) in [7, 11) is 0. The Bertz CT molecular complexity index is 725. The molecule has 0 fully saturated rings. The van der Waals surface area contributed by atoms with Crippen molar-refractivity contribution in [3.63, 3.8) is 0 Å². The first-order valence-electron chi connectivity index (χ1n) is 6.58. The quantitative estimate of drug-likeness (QED) is 0.633. The van der Waals surface area contributed by atoms with Gasteiger partial charge in [-0.2, -0.15) is 5.10 Å². The van der Waals surface area contributed by atoms with Crippen LogP contribution in [-0.4, -0.2) is 12.1 Å². The predicted molar refractivity (Wildman–Crippen MR) is 92.5 cm³/mol. The summed E-state index contributed by atoms with van der Waals surface area (Å²) in [5, 5.41) is 4.69.